The number of carbonyl (C=O) groups excluding carboxylic acids is 2. The van der Waals surface area contributed by atoms with Gasteiger partial charge in [0.05, 0.1) is 12.2 Å². The molecule has 0 unspecified atom stereocenters. The van der Waals surface area contributed by atoms with Crippen molar-refractivity contribution < 1.29 is 19.4 Å². The van der Waals surface area contributed by atoms with E-state index in [0.29, 0.717) is 32.7 Å². The minimum Gasteiger partial charge on any atom is -0.390 e. The van der Waals surface area contributed by atoms with Gasteiger partial charge in [-0.05, 0) is 44.6 Å². The first-order chi connectivity index (χ1) is 13.0. The Bertz CT molecular complexity index is 647. The Morgan fingerprint density at radius 2 is 2.11 bits per heavy atom. The average Bonchev–Trinajstić information content (AvgIpc) is 3.14. The fourth-order valence-corrected chi connectivity index (χ4v) is 4.19. The Balaban J connectivity index is 1.50. The summed E-state index contributed by atoms with van der Waals surface area (Å²) in [5.41, 5.74) is 0.356. The van der Waals surface area contributed by atoms with Crippen LogP contribution in [0, 0.1) is 5.92 Å². The van der Waals surface area contributed by atoms with E-state index in [1.165, 1.54) is 5.56 Å². The fraction of sp³-hybridized carbons (Fsp3) is 0.619. The molecule has 6 nitrogen and oxygen atoms in total. The van der Waals surface area contributed by atoms with Crippen molar-refractivity contribution in [2.45, 2.75) is 50.7 Å². The highest BCUT2D eigenvalue weighted by molar-refractivity contribution is 6.35. The standard InChI is InChI=1S/C21H30N2O4/c1-21(26)11-14-27-15-17(21)18-10-6-13-23(18)20(25)19(24)22-12-5-9-16-7-3-2-4-8-16/h2-4,7-8,17-18,26H,5-6,9-15H2,1H3,(H,22,24)/t17-,18+,21+/m1/s1. The monoisotopic (exact) mass is 374 g/mol. The fourth-order valence-electron chi connectivity index (χ4n) is 4.19. The molecule has 1 aromatic carbocycles. The van der Waals surface area contributed by atoms with Gasteiger partial charge in [-0.3, -0.25) is 9.59 Å². The molecule has 0 saturated carbocycles. The number of ether oxygens (including phenoxy) is 1. The molecule has 3 rings (SSSR count). The van der Waals surface area contributed by atoms with Gasteiger partial charge in [0.25, 0.3) is 0 Å². The van der Waals surface area contributed by atoms with Gasteiger partial charge in [0.1, 0.15) is 0 Å². The van der Waals surface area contributed by atoms with Crippen molar-refractivity contribution in [3.8, 4) is 0 Å². The lowest BCUT2D eigenvalue weighted by molar-refractivity contribution is -0.153. The van der Waals surface area contributed by atoms with Gasteiger partial charge in [0, 0.05) is 31.7 Å². The summed E-state index contributed by atoms with van der Waals surface area (Å²) in [6.07, 6.45) is 3.87. The lowest BCUT2D eigenvalue weighted by atomic mass is 9.79. The minimum atomic E-state index is -0.863. The number of hydrogen-bond acceptors (Lipinski definition) is 4. The number of hydrogen-bond donors (Lipinski definition) is 2. The summed E-state index contributed by atoms with van der Waals surface area (Å²) in [5, 5.41) is 13.4. The summed E-state index contributed by atoms with van der Waals surface area (Å²) in [6.45, 7) is 3.81. The van der Waals surface area contributed by atoms with Crippen molar-refractivity contribution in [2.75, 3.05) is 26.3 Å². The Labute approximate surface area is 160 Å². The summed E-state index contributed by atoms with van der Waals surface area (Å²) >= 11 is 0. The van der Waals surface area contributed by atoms with Gasteiger partial charge >= 0.3 is 11.8 Å². The molecule has 6 heteroatoms. The Morgan fingerprint density at radius 1 is 1.33 bits per heavy atom. The van der Waals surface area contributed by atoms with Gasteiger partial charge in [0.15, 0.2) is 0 Å². The summed E-state index contributed by atoms with van der Waals surface area (Å²) in [7, 11) is 0. The zero-order valence-electron chi connectivity index (χ0n) is 16.0. The second-order valence-corrected chi connectivity index (χ2v) is 7.84. The third kappa shape index (κ3) is 4.87. The summed E-state index contributed by atoms with van der Waals surface area (Å²) < 4.78 is 5.54. The molecule has 27 heavy (non-hydrogen) atoms. The van der Waals surface area contributed by atoms with Crippen molar-refractivity contribution >= 4 is 11.8 Å². The van der Waals surface area contributed by atoms with Gasteiger partial charge in [-0.1, -0.05) is 30.3 Å². The molecule has 2 N–H and O–H groups in total. The van der Waals surface area contributed by atoms with E-state index in [1.54, 1.807) is 4.90 Å². The molecule has 2 amide bonds. The highest BCUT2D eigenvalue weighted by atomic mass is 16.5. The molecular weight excluding hydrogens is 344 g/mol. The van der Waals surface area contributed by atoms with Crippen molar-refractivity contribution in [3.63, 3.8) is 0 Å². The average molecular weight is 374 g/mol. The number of likely N-dealkylation sites (tertiary alicyclic amines) is 1. The number of rotatable bonds is 5. The van der Waals surface area contributed by atoms with Gasteiger partial charge in [-0.2, -0.15) is 0 Å². The Hall–Kier alpha value is -1.92. The smallest absolute Gasteiger partial charge is 0.312 e. The number of carbonyl (C=O) groups is 2. The summed E-state index contributed by atoms with van der Waals surface area (Å²) in [5.74, 6) is -1.19. The van der Waals surface area contributed by atoms with E-state index in [-0.39, 0.29) is 12.0 Å². The van der Waals surface area contributed by atoms with Crippen LogP contribution in [0.15, 0.2) is 30.3 Å². The first-order valence-corrected chi connectivity index (χ1v) is 9.92. The van der Waals surface area contributed by atoms with Crippen LogP contribution in [-0.4, -0.2) is 59.8 Å². The second-order valence-electron chi connectivity index (χ2n) is 7.84. The largest absolute Gasteiger partial charge is 0.390 e. The van der Waals surface area contributed by atoms with E-state index in [4.69, 9.17) is 4.74 Å². The van der Waals surface area contributed by atoms with Crippen molar-refractivity contribution in [1.29, 1.82) is 0 Å². The van der Waals surface area contributed by atoms with E-state index in [0.717, 1.165) is 25.7 Å². The molecular formula is C21H30N2O4. The van der Waals surface area contributed by atoms with Crippen molar-refractivity contribution in [2.24, 2.45) is 5.92 Å². The first kappa shape index (κ1) is 19.8. The summed E-state index contributed by atoms with van der Waals surface area (Å²) in [6, 6.07) is 9.94. The molecule has 2 fully saturated rings. The maximum absolute atomic E-state index is 12.7. The molecule has 1 aromatic rings. The third-order valence-electron chi connectivity index (χ3n) is 5.84. The predicted octanol–water partition coefficient (Wildman–Crippen LogP) is 1.51. The topological polar surface area (TPSA) is 78.9 Å². The molecule has 148 valence electrons. The van der Waals surface area contributed by atoms with Gasteiger partial charge < -0.3 is 20.1 Å². The molecule has 0 bridgehead atoms. The van der Waals surface area contributed by atoms with E-state index >= 15 is 0 Å². The van der Waals surface area contributed by atoms with E-state index in [1.807, 2.05) is 25.1 Å². The number of aliphatic hydroxyl groups is 1. The summed E-state index contributed by atoms with van der Waals surface area (Å²) in [4.78, 5) is 26.6. The van der Waals surface area contributed by atoms with Gasteiger partial charge in [-0.15, -0.1) is 0 Å². The van der Waals surface area contributed by atoms with Crippen LogP contribution in [0.3, 0.4) is 0 Å². The normalized spacial score (nSPS) is 28.1. The Kier molecular flexibility index (Phi) is 6.50. The van der Waals surface area contributed by atoms with Crippen LogP contribution in [0.5, 0.6) is 0 Å². The van der Waals surface area contributed by atoms with Crippen LogP contribution >= 0.6 is 0 Å². The maximum Gasteiger partial charge on any atom is 0.312 e. The van der Waals surface area contributed by atoms with E-state index < -0.39 is 17.4 Å². The lowest BCUT2D eigenvalue weighted by Crippen LogP contribution is -2.55. The third-order valence-corrected chi connectivity index (χ3v) is 5.84. The number of benzene rings is 1. The zero-order valence-corrected chi connectivity index (χ0v) is 16.0. The maximum atomic E-state index is 12.7. The lowest BCUT2D eigenvalue weighted by Gasteiger charge is -2.43. The number of nitrogens with zero attached hydrogens (tertiary/aromatic N) is 1. The highest BCUT2D eigenvalue weighted by Crippen LogP contribution is 2.35. The Morgan fingerprint density at radius 3 is 2.85 bits per heavy atom. The van der Waals surface area contributed by atoms with E-state index in [9.17, 15) is 14.7 Å². The molecule has 0 aliphatic carbocycles. The van der Waals surface area contributed by atoms with Crippen LogP contribution < -0.4 is 5.32 Å². The molecule has 2 saturated heterocycles. The number of amides is 2. The predicted molar refractivity (Wildman–Crippen MR) is 102 cm³/mol. The van der Waals surface area contributed by atoms with Gasteiger partial charge in [0.2, 0.25) is 0 Å². The molecule has 0 radical (unpaired) electrons. The SMILES string of the molecule is C[C@]1(O)CCOC[C@@H]1[C@@H]1CCCN1C(=O)C(=O)NCCCc1ccccc1. The zero-order chi connectivity index (χ0) is 19.3. The molecule has 2 aliphatic rings. The molecule has 2 heterocycles. The van der Waals surface area contributed by atoms with Crippen LogP contribution in [0.1, 0.15) is 38.2 Å². The van der Waals surface area contributed by atoms with Gasteiger partial charge in [-0.25, -0.2) is 0 Å². The first-order valence-electron chi connectivity index (χ1n) is 9.92. The quantitative estimate of drug-likeness (QED) is 0.605. The van der Waals surface area contributed by atoms with Crippen molar-refractivity contribution in [3.05, 3.63) is 35.9 Å². The molecule has 0 aromatic heterocycles. The van der Waals surface area contributed by atoms with Crippen LogP contribution in [-0.2, 0) is 20.7 Å². The minimum absolute atomic E-state index is 0.136. The molecule has 2 aliphatic heterocycles. The highest BCUT2D eigenvalue weighted by Gasteiger charge is 2.46. The van der Waals surface area contributed by atoms with Crippen LogP contribution in [0.4, 0.5) is 0 Å². The molecule has 0 spiro atoms. The number of nitrogens with one attached hydrogen (secondary N) is 1. The van der Waals surface area contributed by atoms with E-state index in [2.05, 4.69) is 17.4 Å². The van der Waals surface area contributed by atoms with Crippen molar-refractivity contribution in [1.82, 2.24) is 10.2 Å². The second kappa shape index (κ2) is 8.85. The van der Waals surface area contributed by atoms with Crippen LogP contribution in [0.2, 0.25) is 0 Å². The number of aryl methyl sites for hydroxylation is 1. The van der Waals surface area contributed by atoms with Crippen LogP contribution in [0.25, 0.3) is 0 Å². The molecule has 3 atom stereocenters.